The summed E-state index contributed by atoms with van der Waals surface area (Å²) in [5.41, 5.74) is 0. The number of rotatable bonds is 3. The SMILES string of the molecule is CC(=O)SCC1CC(=O)N(C2CCCCC2)C1. The quantitative estimate of drug-likeness (QED) is 0.777. The highest BCUT2D eigenvalue weighted by molar-refractivity contribution is 8.13. The molecule has 1 unspecified atom stereocenters. The Morgan fingerprint density at radius 2 is 2.06 bits per heavy atom. The molecule has 0 N–H and O–H groups in total. The second-order valence-electron chi connectivity index (χ2n) is 5.21. The fraction of sp³-hybridized carbons (Fsp3) is 0.846. The molecule has 2 aliphatic rings. The number of hydrogen-bond donors (Lipinski definition) is 0. The van der Waals surface area contributed by atoms with E-state index in [1.165, 1.54) is 43.9 Å². The van der Waals surface area contributed by atoms with E-state index >= 15 is 0 Å². The maximum Gasteiger partial charge on any atom is 0.223 e. The van der Waals surface area contributed by atoms with Crippen molar-refractivity contribution in [2.75, 3.05) is 12.3 Å². The number of carbonyl (C=O) groups is 2. The Bertz CT molecular complexity index is 300. The first-order chi connectivity index (χ1) is 8.16. The van der Waals surface area contributed by atoms with Crippen LogP contribution in [0.4, 0.5) is 0 Å². The molecule has 0 bridgehead atoms. The average molecular weight is 255 g/mol. The van der Waals surface area contributed by atoms with Crippen molar-refractivity contribution in [2.45, 2.75) is 51.5 Å². The molecule has 0 aromatic carbocycles. The molecule has 1 aliphatic heterocycles. The van der Waals surface area contributed by atoms with Gasteiger partial charge in [0.25, 0.3) is 0 Å². The largest absolute Gasteiger partial charge is 0.339 e. The van der Waals surface area contributed by atoms with Crippen molar-refractivity contribution in [1.82, 2.24) is 4.90 Å². The maximum atomic E-state index is 12.0. The van der Waals surface area contributed by atoms with Crippen LogP contribution in [0.1, 0.15) is 45.4 Å². The minimum atomic E-state index is 0.161. The first-order valence-electron chi connectivity index (χ1n) is 6.59. The molecule has 3 nitrogen and oxygen atoms in total. The van der Waals surface area contributed by atoms with E-state index in [1.807, 2.05) is 0 Å². The predicted molar refractivity (Wildman–Crippen MR) is 69.8 cm³/mol. The minimum Gasteiger partial charge on any atom is -0.339 e. The van der Waals surface area contributed by atoms with Gasteiger partial charge in [0.05, 0.1) is 0 Å². The van der Waals surface area contributed by atoms with E-state index in [-0.39, 0.29) is 5.12 Å². The van der Waals surface area contributed by atoms with Gasteiger partial charge in [-0.15, -0.1) is 0 Å². The molecule has 1 saturated carbocycles. The molecule has 0 spiro atoms. The van der Waals surface area contributed by atoms with Gasteiger partial charge in [-0.2, -0.15) is 0 Å². The Kier molecular flexibility index (Phi) is 4.48. The summed E-state index contributed by atoms with van der Waals surface area (Å²) in [4.78, 5) is 25.0. The average Bonchev–Trinajstić information content (AvgIpc) is 2.69. The lowest BCUT2D eigenvalue weighted by molar-refractivity contribution is -0.130. The molecule has 1 heterocycles. The number of thioether (sulfide) groups is 1. The van der Waals surface area contributed by atoms with Gasteiger partial charge in [-0.1, -0.05) is 31.0 Å². The zero-order chi connectivity index (χ0) is 12.3. The van der Waals surface area contributed by atoms with Gasteiger partial charge in [-0.05, 0) is 18.8 Å². The highest BCUT2D eigenvalue weighted by Crippen LogP contribution is 2.29. The van der Waals surface area contributed by atoms with Crippen molar-refractivity contribution < 1.29 is 9.59 Å². The third-order valence-electron chi connectivity index (χ3n) is 3.78. The molecule has 96 valence electrons. The standard InChI is InChI=1S/C13H21NO2S/c1-10(15)17-9-11-7-13(16)14(8-11)12-5-3-2-4-6-12/h11-12H,2-9H2,1H3. The van der Waals surface area contributed by atoms with E-state index in [2.05, 4.69) is 4.90 Å². The second-order valence-corrected chi connectivity index (χ2v) is 6.41. The first kappa shape index (κ1) is 12.9. The molecule has 2 rings (SSSR count). The lowest BCUT2D eigenvalue weighted by Crippen LogP contribution is -2.38. The van der Waals surface area contributed by atoms with E-state index in [0.29, 0.717) is 24.3 Å². The van der Waals surface area contributed by atoms with Gasteiger partial charge in [-0.25, -0.2) is 0 Å². The molecule has 4 heteroatoms. The summed E-state index contributed by atoms with van der Waals surface area (Å²) >= 11 is 1.36. The molecule has 1 atom stereocenters. The first-order valence-corrected chi connectivity index (χ1v) is 7.58. The second kappa shape index (κ2) is 5.89. The number of hydrogen-bond acceptors (Lipinski definition) is 3. The number of carbonyl (C=O) groups excluding carboxylic acids is 2. The summed E-state index contributed by atoms with van der Waals surface area (Å²) in [6.07, 6.45) is 6.86. The maximum absolute atomic E-state index is 12.0. The summed E-state index contributed by atoms with van der Waals surface area (Å²) in [7, 11) is 0. The molecule has 0 aromatic rings. The fourth-order valence-electron chi connectivity index (χ4n) is 2.90. The van der Waals surface area contributed by atoms with Gasteiger partial charge >= 0.3 is 0 Å². The molecule has 2 fully saturated rings. The van der Waals surface area contributed by atoms with E-state index in [4.69, 9.17) is 0 Å². The van der Waals surface area contributed by atoms with Gasteiger partial charge in [0.15, 0.2) is 5.12 Å². The normalized spacial score (nSPS) is 26.5. The van der Waals surface area contributed by atoms with Crippen LogP contribution >= 0.6 is 11.8 Å². The van der Waals surface area contributed by atoms with Crippen LogP contribution in [0.25, 0.3) is 0 Å². The number of nitrogens with zero attached hydrogens (tertiary/aromatic N) is 1. The number of likely N-dealkylation sites (tertiary alicyclic amines) is 1. The summed E-state index contributed by atoms with van der Waals surface area (Å²) in [6.45, 7) is 2.48. The van der Waals surface area contributed by atoms with Crippen molar-refractivity contribution in [2.24, 2.45) is 5.92 Å². The Labute approximate surface area is 107 Å². The Balaban J connectivity index is 1.83. The molecule has 1 amide bonds. The minimum absolute atomic E-state index is 0.161. The summed E-state index contributed by atoms with van der Waals surface area (Å²) < 4.78 is 0. The van der Waals surface area contributed by atoms with Crippen molar-refractivity contribution in [3.8, 4) is 0 Å². The highest BCUT2D eigenvalue weighted by Gasteiger charge is 2.34. The van der Waals surface area contributed by atoms with E-state index in [1.54, 1.807) is 6.92 Å². The molecule has 1 aliphatic carbocycles. The Morgan fingerprint density at radius 1 is 1.35 bits per heavy atom. The van der Waals surface area contributed by atoms with Gasteiger partial charge in [0.1, 0.15) is 0 Å². The zero-order valence-electron chi connectivity index (χ0n) is 10.5. The highest BCUT2D eigenvalue weighted by atomic mass is 32.2. The topological polar surface area (TPSA) is 37.4 Å². The fourth-order valence-corrected chi connectivity index (χ4v) is 3.59. The molecular formula is C13H21NO2S. The van der Waals surface area contributed by atoms with E-state index in [9.17, 15) is 9.59 Å². The van der Waals surface area contributed by atoms with Crippen LogP contribution in [-0.4, -0.2) is 34.3 Å². The van der Waals surface area contributed by atoms with E-state index in [0.717, 1.165) is 12.3 Å². The molecule has 0 aromatic heterocycles. The molecule has 17 heavy (non-hydrogen) atoms. The van der Waals surface area contributed by atoms with Gasteiger partial charge in [0.2, 0.25) is 5.91 Å². The van der Waals surface area contributed by atoms with Crippen molar-refractivity contribution in [1.29, 1.82) is 0 Å². The van der Waals surface area contributed by atoms with Gasteiger partial charge < -0.3 is 4.90 Å². The zero-order valence-corrected chi connectivity index (χ0v) is 11.3. The van der Waals surface area contributed by atoms with Crippen LogP contribution in [0, 0.1) is 5.92 Å². The third-order valence-corrected chi connectivity index (χ3v) is 4.82. The van der Waals surface area contributed by atoms with Crippen molar-refractivity contribution >= 4 is 22.8 Å². The summed E-state index contributed by atoms with van der Waals surface area (Å²) in [6, 6.07) is 0.489. The van der Waals surface area contributed by atoms with Crippen molar-refractivity contribution in [3.05, 3.63) is 0 Å². The molecular weight excluding hydrogens is 234 g/mol. The Morgan fingerprint density at radius 3 is 2.71 bits per heavy atom. The predicted octanol–water partition coefficient (Wildman–Crippen LogP) is 2.45. The lowest BCUT2D eigenvalue weighted by Gasteiger charge is -2.31. The summed E-state index contributed by atoms with van der Waals surface area (Å²) in [5.74, 6) is 1.51. The van der Waals surface area contributed by atoms with Gasteiger partial charge in [-0.3, -0.25) is 9.59 Å². The van der Waals surface area contributed by atoms with Crippen LogP contribution in [0.3, 0.4) is 0 Å². The molecule has 0 radical (unpaired) electrons. The summed E-state index contributed by atoms with van der Waals surface area (Å²) in [5, 5.41) is 0.161. The van der Waals surface area contributed by atoms with Crippen LogP contribution in [0.2, 0.25) is 0 Å². The smallest absolute Gasteiger partial charge is 0.223 e. The third kappa shape index (κ3) is 3.47. The van der Waals surface area contributed by atoms with Crippen LogP contribution in [-0.2, 0) is 9.59 Å². The lowest BCUT2D eigenvalue weighted by atomic mass is 9.94. The van der Waals surface area contributed by atoms with Crippen LogP contribution in [0.5, 0.6) is 0 Å². The van der Waals surface area contributed by atoms with Crippen LogP contribution < -0.4 is 0 Å². The monoisotopic (exact) mass is 255 g/mol. The molecule has 1 saturated heterocycles. The van der Waals surface area contributed by atoms with Gasteiger partial charge in [0, 0.05) is 31.7 Å². The van der Waals surface area contributed by atoms with Crippen LogP contribution in [0.15, 0.2) is 0 Å². The van der Waals surface area contributed by atoms with E-state index < -0.39 is 0 Å². The number of amides is 1. The van der Waals surface area contributed by atoms with Crippen molar-refractivity contribution in [3.63, 3.8) is 0 Å². The Hall–Kier alpha value is -0.510.